The van der Waals surface area contributed by atoms with Crippen molar-refractivity contribution < 1.29 is 15.4 Å². The second-order valence-corrected chi connectivity index (χ2v) is 4.64. The molecule has 0 saturated carbocycles. The number of carbonyl (C=O) groups excluding carboxylic acids is 1. The summed E-state index contributed by atoms with van der Waals surface area (Å²) in [4.78, 5) is 9.40. The summed E-state index contributed by atoms with van der Waals surface area (Å²) in [7, 11) is 0. The third-order valence-corrected chi connectivity index (χ3v) is 1.86. The fourth-order valence-corrected chi connectivity index (χ4v) is 0.459. The highest BCUT2D eigenvalue weighted by Gasteiger charge is 1.73. The maximum atomic E-state index is 9.40. The summed E-state index contributed by atoms with van der Waals surface area (Å²) in [6, 6.07) is 0. The lowest BCUT2D eigenvalue weighted by atomic mass is 10.2. The predicted molar refractivity (Wildman–Crippen MR) is 137 cm³/mol. The Bertz CT molecular complexity index is 260. The fourth-order valence-electron chi connectivity index (χ4n) is 0.459. The van der Waals surface area contributed by atoms with E-state index in [0.717, 1.165) is 19.1 Å². The molecule has 0 radical (unpaired) electrons. The molecule has 0 aromatic carbocycles. The molecule has 0 aromatic heterocycles. The van der Waals surface area contributed by atoms with Crippen molar-refractivity contribution in [3.05, 3.63) is 62.3 Å². The van der Waals surface area contributed by atoms with Crippen molar-refractivity contribution in [2.24, 2.45) is 5.92 Å². The molecular formula is C25H56O3. The van der Waals surface area contributed by atoms with E-state index in [1.165, 1.54) is 0 Å². The van der Waals surface area contributed by atoms with Crippen molar-refractivity contribution in [3.63, 3.8) is 0 Å². The number of aliphatic hydroxyl groups excluding tert-OH is 1. The van der Waals surface area contributed by atoms with Gasteiger partial charge in [0.2, 0.25) is 0 Å². The molecule has 0 rings (SSSR count). The van der Waals surface area contributed by atoms with Gasteiger partial charge < -0.3 is 15.4 Å². The first-order valence-corrected chi connectivity index (χ1v) is 8.56. The highest BCUT2D eigenvalue weighted by molar-refractivity contribution is 5.48. The van der Waals surface area contributed by atoms with Crippen molar-refractivity contribution in [2.75, 3.05) is 6.61 Å². The smallest absolute Gasteiger partial charge is 0.119 e. The molecule has 0 aliphatic rings. The van der Waals surface area contributed by atoms with Gasteiger partial charge >= 0.3 is 0 Å². The predicted octanol–water partition coefficient (Wildman–Crippen LogP) is 7.78. The number of aliphatic hydroxyl groups is 1. The minimum absolute atomic E-state index is 0. The average molecular weight is 405 g/mol. The number of carbonyl (C=O) groups is 1. The van der Waals surface area contributed by atoms with Crippen LogP contribution in [0.5, 0.6) is 0 Å². The molecule has 0 spiro atoms. The van der Waals surface area contributed by atoms with Crippen LogP contribution in [0.3, 0.4) is 0 Å². The van der Waals surface area contributed by atoms with Gasteiger partial charge in [-0.05, 0) is 32.6 Å². The Balaban J connectivity index is -0.0000000223. The maximum Gasteiger partial charge on any atom is 0.119 e. The van der Waals surface area contributed by atoms with Crippen molar-refractivity contribution in [3.8, 4) is 0 Å². The van der Waals surface area contributed by atoms with Gasteiger partial charge in [0.1, 0.15) is 6.29 Å². The highest BCUT2D eigenvalue weighted by atomic mass is 16.2. The van der Waals surface area contributed by atoms with E-state index in [1.54, 1.807) is 24.3 Å². The Morgan fingerprint density at radius 3 is 1.25 bits per heavy atom. The van der Waals surface area contributed by atoms with Crippen LogP contribution in [0.25, 0.3) is 0 Å². The summed E-state index contributed by atoms with van der Waals surface area (Å²) < 4.78 is 0. The minimum Gasteiger partial charge on any atom is -0.412 e. The van der Waals surface area contributed by atoms with Gasteiger partial charge in [-0.3, -0.25) is 0 Å². The van der Waals surface area contributed by atoms with Gasteiger partial charge in [0.25, 0.3) is 0 Å². The van der Waals surface area contributed by atoms with Crippen molar-refractivity contribution in [1.82, 2.24) is 0 Å². The average Bonchev–Trinajstić information content (AvgIpc) is 2.59. The SMILES string of the molecule is C.C.C.C/C=C/CC.C/C=C/CO.C=CC(C)C.C=CC=C.CCCC=O.O. The van der Waals surface area contributed by atoms with Crippen molar-refractivity contribution in [2.45, 2.75) is 83.1 Å². The number of hydrogen-bond acceptors (Lipinski definition) is 2. The van der Waals surface area contributed by atoms with Gasteiger partial charge in [-0.2, -0.15) is 0 Å². The Labute approximate surface area is 180 Å². The maximum absolute atomic E-state index is 9.40. The van der Waals surface area contributed by atoms with Crippen LogP contribution in [0, 0.1) is 5.92 Å². The van der Waals surface area contributed by atoms with E-state index in [-0.39, 0.29) is 34.4 Å². The van der Waals surface area contributed by atoms with E-state index in [1.807, 2.05) is 26.8 Å². The molecule has 0 saturated heterocycles. The standard InChI is InChI=1S/2C5H10.2C4H8O.C4H6.3CH4.H2O/c1-4-5(2)3;1-3-5-4-2;2*1-2-3-4-5;1-3-4-2;;;;/h4-5H,1H2,2-3H3;3,5H,4H2,1-2H3;4H,2-3H2,1H3;2-3,5H,4H2,1H3;3-4H,1-2H2;3*1H4;1H2/b;5-3+;;3-2+;;;;;. The highest BCUT2D eigenvalue weighted by Crippen LogP contribution is 1.87. The summed E-state index contributed by atoms with van der Waals surface area (Å²) in [6.07, 6.45) is 16.6. The summed E-state index contributed by atoms with van der Waals surface area (Å²) >= 11 is 0. The second kappa shape index (κ2) is 84.5. The summed E-state index contributed by atoms with van der Waals surface area (Å²) in [5.41, 5.74) is 0. The van der Waals surface area contributed by atoms with E-state index in [0.29, 0.717) is 12.3 Å². The largest absolute Gasteiger partial charge is 0.412 e. The number of unbranched alkanes of at least 4 members (excludes halogenated alkanes) is 1. The van der Waals surface area contributed by atoms with Crippen LogP contribution in [-0.4, -0.2) is 23.5 Å². The topological polar surface area (TPSA) is 68.8 Å². The molecule has 0 aliphatic carbocycles. The summed E-state index contributed by atoms with van der Waals surface area (Å²) in [5.74, 6) is 0.648. The van der Waals surface area contributed by atoms with Crippen LogP contribution in [-0.2, 0) is 4.79 Å². The van der Waals surface area contributed by atoms with Crippen molar-refractivity contribution >= 4 is 6.29 Å². The molecule has 0 aromatic rings. The zero-order valence-electron chi connectivity index (χ0n) is 17.5. The van der Waals surface area contributed by atoms with Crippen LogP contribution in [0.1, 0.15) is 83.1 Å². The molecule has 0 bridgehead atoms. The fraction of sp³-hybridized carbons (Fsp3) is 0.560. The van der Waals surface area contributed by atoms with E-state index in [4.69, 9.17) is 5.11 Å². The van der Waals surface area contributed by atoms with Crippen LogP contribution in [0.15, 0.2) is 62.3 Å². The zero-order chi connectivity index (χ0) is 20.1. The molecule has 0 heterocycles. The van der Waals surface area contributed by atoms with Crippen LogP contribution in [0.4, 0.5) is 0 Å². The molecular weight excluding hydrogens is 348 g/mol. The first-order chi connectivity index (χ1) is 11.4. The third-order valence-electron chi connectivity index (χ3n) is 1.86. The van der Waals surface area contributed by atoms with Crippen LogP contribution < -0.4 is 0 Å². The van der Waals surface area contributed by atoms with Crippen molar-refractivity contribution in [1.29, 1.82) is 0 Å². The van der Waals surface area contributed by atoms with E-state index < -0.39 is 0 Å². The molecule has 0 aliphatic heterocycles. The van der Waals surface area contributed by atoms with E-state index in [2.05, 4.69) is 52.7 Å². The van der Waals surface area contributed by atoms with Crippen LogP contribution in [0.2, 0.25) is 0 Å². The summed E-state index contributed by atoms with van der Waals surface area (Å²) in [5, 5.41) is 7.98. The monoisotopic (exact) mass is 404 g/mol. The normalized spacial score (nSPS) is 7.14. The van der Waals surface area contributed by atoms with E-state index >= 15 is 0 Å². The Morgan fingerprint density at radius 1 is 0.893 bits per heavy atom. The Hall–Kier alpha value is -1.71. The van der Waals surface area contributed by atoms with Gasteiger partial charge in [0, 0.05) is 6.42 Å². The van der Waals surface area contributed by atoms with Crippen LogP contribution >= 0.6 is 0 Å². The molecule has 174 valence electrons. The molecule has 0 atom stereocenters. The number of rotatable bonds is 6. The van der Waals surface area contributed by atoms with Gasteiger partial charge in [-0.1, -0.05) is 106 Å². The van der Waals surface area contributed by atoms with Gasteiger partial charge in [-0.25, -0.2) is 0 Å². The number of hydrogen-bond donors (Lipinski definition) is 1. The quantitative estimate of drug-likeness (QED) is 0.279. The minimum atomic E-state index is 0. The Kier molecular flexibility index (Phi) is 170. The molecule has 0 unspecified atom stereocenters. The summed E-state index contributed by atoms with van der Waals surface area (Å²) in [6.45, 7) is 22.7. The first-order valence-electron chi connectivity index (χ1n) is 8.56. The molecule has 0 amide bonds. The molecule has 28 heavy (non-hydrogen) atoms. The zero-order valence-corrected chi connectivity index (χ0v) is 17.5. The Morgan fingerprint density at radius 2 is 1.25 bits per heavy atom. The molecule has 0 fully saturated rings. The van der Waals surface area contributed by atoms with E-state index in [9.17, 15) is 4.79 Å². The first kappa shape index (κ1) is 56.2. The molecule has 3 heteroatoms. The number of allylic oxidation sites excluding steroid dienone is 6. The lowest BCUT2D eigenvalue weighted by Crippen LogP contribution is -1.71. The lowest BCUT2D eigenvalue weighted by molar-refractivity contribution is -0.107. The second-order valence-electron chi connectivity index (χ2n) is 4.64. The lowest BCUT2D eigenvalue weighted by Gasteiger charge is -1.84. The molecule has 3 N–H and O–H groups in total. The van der Waals surface area contributed by atoms with Gasteiger partial charge in [0.05, 0.1) is 6.61 Å². The third kappa shape index (κ3) is 248. The number of aldehydes is 1. The van der Waals surface area contributed by atoms with Gasteiger partial charge in [0.15, 0.2) is 0 Å². The molecule has 3 nitrogen and oxygen atoms in total. The van der Waals surface area contributed by atoms with Gasteiger partial charge in [-0.15, -0.1) is 6.58 Å².